The summed E-state index contributed by atoms with van der Waals surface area (Å²) in [5.74, 6) is -10.1. The highest BCUT2D eigenvalue weighted by molar-refractivity contribution is 5.91. The van der Waals surface area contributed by atoms with E-state index in [0.717, 1.165) is 0 Å². The van der Waals surface area contributed by atoms with E-state index < -0.39 is 46.5 Å². The van der Waals surface area contributed by atoms with E-state index in [4.69, 9.17) is 0 Å². The Hall–Kier alpha value is -3.16. The number of hydrogen-bond donors (Lipinski definition) is 4. The molecule has 0 amide bonds. The van der Waals surface area contributed by atoms with Crippen molar-refractivity contribution in [2.24, 2.45) is 22.7 Å². The number of carbonyl (C=O) groups is 4. The number of allylic oxidation sites excluding steroid dienone is 4. The van der Waals surface area contributed by atoms with Crippen LogP contribution in [-0.2, 0) is 19.2 Å². The quantitative estimate of drug-likeness (QED) is 0.0980. The second kappa shape index (κ2) is 16.5. The fourth-order valence-electron chi connectivity index (χ4n) is 5.21. The van der Waals surface area contributed by atoms with Gasteiger partial charge in [-0.1, -0.05) is 24.3 Å². The van der Waals surface area contributed by atoms with Crippen LogP contribution in [0.1, 0.15) is 77.0 Å². The van der Waals surface area contributed by atoms with Gasteiger partial charge in [-0.2, -0.15) is 0 Å². The molecule has 8 heteroatoms. The Bertz CT molecular complexity index is 703. The van der Waals surface area contributed by atoms with Crippen molar-refractivity contribution in [3.63, 3.8) is 0 Å². The summed E-state index contributed by atoms with van der Waals surface area (Å²) in [6.07, 6.45) is 8.52. The van der Waals surface area contributed by atoms with Gasteiger partial charge in [-0.05, 0) is 77.0 Å². The minimum absolute atomic E-state index is 0.124. The molecule has 0 heterocycles. The third-order valence-corrected chi connectivity index (χ3v) is 7.03. The molecule has 0 aromatic carbocycles. The van der Waals surface area contributed by atoms with Gasteiger partial charge in [-0.15, -0.1) is 26.3 Å². The summed E-state index contributed by atoms with van der Waals surface area (Å²) in [4.78, 5) is 51.2. The highest BCUT2D eigenvalue weighted by atomic mass is 16.4. The summed E-state index contributed by atoms with van der Waals surface area (Å²) >= 11 is 0. The van der Waals surface area contributed by atoms with Crippen molar-refractivity contribution in [3.8, 4) is 0 Å². The van der Waals surface area contributed by atoms with Gasteiger partial charge in [0.05, 0.1) is 22.7 Å². The van der Waals surface area contributed by atoms with Gasteiger partial charge in [-0.25, -0.2) is 0 Å². The highest BCUT2D eigenvalue weighted by Gasteiger charge is 2.62. The molecule has 0 rings (SSSR count). The van der Waals surface area contributed by atoms with Crippen LogP contribution in [0.4, 0.5) is 0 Å². The fraction of sp³-hybridized carbons (Fsp3) is 0.571. The Morgan fingerprint density at radius 2 is 0.750 bits per heavy atom. The van der Waals surface area contributed by atoms with Crippen LogP contribution in [0.3, 0.4) is 0 Å². The van der Waals surface area contributed by atoms with Gasteiger partial charge < -0.3 is 20.4 Å². The minimum atomic E-state index is -1.99. The summed E-state index contributed by atoms with van der Waals surface area (Å²) < 4.78 is 0. The molecule has 2 unspecified atom stereocenters. The molecule has 0 fully saturated rings. The maximum absolute atomic E-state index is 12.8. The number of carboxylic acids is 4. The van der Waals surface area contributed by atoms with Gasteiger partial charge in [-0.3, -0.25) is 19.2 Å². The average molecular weight is 507 g/mol. The molecule has 0 saturated heterocycles. The third kappa shape index (κ3) is 8.50. The molecule has 0 spiro atoms. The van der Waals surface area contributed by atoms with E-state index in [2.05, 4.69) is 26.3 Å². The lowest BCUT2D eigenvalue weighted by Crippen LogP contribution is -2.56. The molecular weight excluding hydrogens is 464 g/mol. The molecule has 202 valence electrons. The Labute approximate surface area is 214 Å². The largest absolute Gasteiger partial charge is 0.481 e. The third-order valence-electron chi connectivity index (χ3n) is 7.03. The Morgan fingerprint density at radius 3 is 0.889 bits per heavy atom. The van der Waals surface area contributed by atoms with Gasteiger partial charge in [0.25, 0.3) is 0 Å². The number of unbranched alkanes of at least 4 members (excludes halogenated alkanes) is 4. The summed E-state index contributed by atoms with van der Waals surface area (Å²) in [5, 5.41) is 41.6. The van der Waals surface area contributed by atoms with Crippen LogP contribution >= 0.6 is 0 Å². The molecule has 0 bridgehead atoms. The Balaban J connectivity index is 7.18. The summed E-state index contributed by atoms with van der Waals surface area (Å²) in [6.45, 7) is 14.5. The molecule has 0 saturated carbocycles. The normalized spacial score (nSPS) is 13.2. The zero-order chi connectivity index (χ0) is 27.8. The number of aliphatic carboxylic acids is 4. The summed E-state index contributed by atoms with van der Waals surface area (Å²) in [5.41, 5.74) is -3.98. The van der Waals surface area contributed by atoms with E-state index in [0.29, 0.717) is 25.7 Å². The Kier molecular flexibility index (Phi) is 15.1. The van der Waals surface area contributed by atoms with E-state index in [9.17, 15) is 39.6 Å². The molecule has 4 N–H and O–H groups in total. The van der Waals surface area contributed by atoms with Crippen molar-refractivity contribution in [3.05, 3.63) is 50.6 Å². The predicted molar refractivity (Wildman–Crippen MR) is 139 cm³/mol. The monoisotopic (exact) mass is 506 g/mol. The number of rotatable bonds is 23. The Morgan fingerprint density at radius 1 is 0.528 bits per heavy atom. The van der Waals surface area contributed by atoms with Crippen LogP contribution in [0.15, 0.2) is 50.6 Å². The molecule has 2 atom stereocenters. The zero-order valence-corrected chi connectivity index (χ0v) is 21.2. The van der Waals surface area contributed by atoms with Crippen molar-refractivity contribution >= 4 is 23.9 Å². The average Bonchev–Trinajstić information content (AvgIpc) is 2.80. The molecule has 0 aromatic rings. The molecule has 0 aliphatic heterocycles. The standard InChI is InChI=1S/C28H42O8/c1-5-9-13-17-27(25(33)34,18-14-10-6-2)21(23(29)30)22(24(31)32)28(26(35)36,19-15-11-7-3)20-16-12-8-4/h5-8,21-22H,1-4,9-20H2,(H,29,30)(H,31,32)(H,33,34)(H,35,36). The molecule has 0 aliphatic rings. The SMILES string of the molecule is C=CCCCC(CCCC=C)(C(=O)O)C(C(=O)O)C(C(=O)O)C(CCCC=C)(CCCC=C)C(=O)O. The molecule has 36 heavy (non-hydrogen) atoms. The highest BCUT2D eigenvalue weighted by Crippen LogP contribution is 2.52. The van der Waals surface area contributed by atoms with Crippen LogP contribution < -0.4 is 0 Å². The lowest BCUT2D eigenvalue weighted by Gasteiger charge is -2.44. The zero-order valence-electron chi connectivity index (χ0n) is 21.2. The molecular formula is C28H42O8. The van der Waals surface area contributed by atoms with E-state index in [1.165, 1.54) is 0 Å². The predicted octanol–water partition coefficient (Wildman–Crippen LogP) is 5.96. The van der Waals surface area contributed by atoms with Gasteiger partial charge in [0.1, 0.15) is 0 Å². The van der Waals surface area contributed by atoms with Crippen LogP contribution in [0.25, 0.3) is 0 Å². The smallest absolute Gasteiger partial charge is 0.310 e. The van der Waals surface area contributed by atoms with Crippen molar-refractivity contribution in [2.45, 2.75) is 77.0 Å². The van der Waals surface area contributed by atoms with Crippen molar-refractivity contribution < 1.29 is 39.6 Å². The summed E-state index contributed by atoms with van der Waals surface area (Å²) in [7, 11) is 0. The second-order valence-corrected chi connectivity index (χ2v) is 9.28. The van der Waals surface area contributed by atoms with Gasteiger partial charge >= 0.3 is 23.9 Å². The molecule has 0 radical (unpaired) electrons. The lowest BCUT2D eigenvalue weighted by atomic mass is 9.55. The number of carboxylic acid groups (broad SMARTS) is 4. The van der Waals surface area contributed by atoms with Gasteiger partial charge in [0.2, 0.25) is 0 Å². The second-order valence-electron chi connectivity index (χ2n) is 9.28. The van der Waals surface area contributed by atoms with Crippen LogP contribution in [0, 0.1) is 22.7 Å². The number of hydrogen-bond acceptors (Lipinski definition) is 4. The van der Waals surface area contributed by atoms with E-state index in [1.54, 1.807) is 24.3 Å². The topological polar surface area (TPSA) is 149 Å². The van der Waals surface area contributed by atoms with Crippen LogP contribution in [0.5, 0.6) is 0 Å². The maximum Gasteiger partial charge on any atom is 0.310 e. The summed E-state index contributed by atoms with van der Waals surface area (Å²) in [6, 6.07) is 0. The molecule has 8 nitrogen and oxygen atoms in total. The first-order valence-electron chi connectivity index (χ1n) is 12.4. The first-order valence-corrected chi connectivity index (χ1v) is 12.4. The lowest BCUT2D eigenvalue weighted by molar-refractivity contribution is -0.185. The van der Waals surface area contributed by atoms with Crippen molar-refractivity contribution in [2.75, 3.05) is 0 Å². The van der Waals surface area contributed by atoms with Crippen molar-refractivity contribution in [1.29, 1.82) is 0 Å². The van der Waals surface area contributed by atoms with E-state index in [1.807, 2.05) is 0 Å². The fourth-order valence-corrected chi connectivity index (χ4v) is 5.21. The first kappa shape index (κ1) is 32.8. The van der Waals surface area contributed by atoms with Crippen molar-refractivity contribution in [1.82, 2.24) is 0 Å². The van der Waals surface area contributed by atoms with Crippen LogP contribution in [0.2, 0.25) is 0 Å². The van der Waals surface area contributed by atoms with E-state index >= 15 is 0 Å². The molecule has 0 aliphatic carbocycles. The maximum atomic E-state index is 12.8. The van der Waals surface area contributed by atoms with Gasteiger partial charge in [0, 0.05) is 0 Å². The van der Waals surface area contributed by atoms with Gasteiger partial charge in [0.15, 0.2) is 0 Å². The first-order chi connectivity index (χ1) is 17.0. The van der Waals surface area contributed by atoms with E-state index in [-0.39, 0.29) is 51.4 Å². The van der Waals surface area contributed by atoms with Crippen LogP contribution in [-0.4, -0.2) is 44.3 Å². The molecule has 0 aromatic heterocycles. The minimum Gasteiger partial charge on any atom is -0.481 e.